The van der Waals surface area contributed by atoms with Crippen LogP contribution in [0.25, 0.3) is 10.9 Å². The zero-order chi connectivity index (χ0) is 18.8. The van der Waals surface area contributed by atoms with Crippen molar-refractivity contribution in [3.8, 4) is 11.8 Å². The van der Waals surface area contributed by atoms with Gasteiger partial charge in [-0.1, -0.05) is 0 Å². The van der Waals surface area contributed by atoms with Crippen LogP contribution in [0.1, 0.15) is 11.1 Å². The molecule has 27 heavy (non-hydrogen) atoms. The number of aryl methyl sites for hydroxylation is 1. The Kier molecular flexibility index (Phi) is 4.22. The molecule has 0 unspecified atom stereocenters. The molecule has 0 spiro atoms. The highest BCUT2D eigenvalue weighted by Crippen LogP contribution is 2.26. The number of hydrogen-bond donors (Lipinski definition) is 1. The normalized spacial score (nSPS) is 10.8. The van der Waals surface area contributed by atoms with Gasteiger partial charge in [0.2, 0.25) is 0 Å². The Morgan fingerprint density at radius 2 is 1.85 bits per heavy atom. The lowest BCUT2D eigenvalue weighted by atomic mass is 10.1. The smallest absolute Gasteiger partial charge is 0.139 e. The van der Waals surface area contributed by atoms with Crippen molar-refractivity contribution in [1.29, 1.82) is 5.26 Å². The van der Waals surface area contributed by atoms with Crippen molar-refractivity contribution in [1.82, 2.24) is 19.4 Å². The first kappa shape index (κ1) is 16.7. The average Bonchev–Trinajstić information content (AvgIpc) is 3.31. The quantitative estimate of drug-likeness (QED) is 0.593. The maximum atomic E-state index is 9.85. The van der Waals surface area contributed by atoms with Crippen LogP contribution in [0.4, 0.5) is 5.69 Å². The molecule has 0 saturated heterocycles. The predicted octanol–water partition coefficient (Wildman–Crippen LogP) is 2.86. The van der Waals surface area contributed by atoms with Gasteiger partial charge in [0.1, 0.15) is 18.4 Å². The highest BCUT2D eigenvalue weighted by Gasteiger charge is 2.13. The topological polar surface area (TPSA) is 82.9 Å². The minimum atomic E-state index is 0.262. The summed E-state index contributed by atoms with van der Waals surface area (Å²) in [6.45, 7) is 0.679. The summed E-state index contributed by atoms with van der Waals surface area (Å²) in [5, 5.41) is 29.8. The first-order valence-corrected chi connectivity index (χ1v) is 8.55. The van der Waals surface area contributed by atoms with Gasteiger partial charge in [-0.25, -0.2) is 4.68 Å². The van der Waals surface area contributed by atoms with Crippen molar-refractivity contribution in [2.45, 2.75) is 6.42 Å². The number of aromatic hydroxyl groups is 1. The van der Waals surface area contributed by atoms with Crippen LogP contribution < -0.4 is 5.01 Å². The molecule has 0 aliphatic carbocycles. The van der Waals surface area contributed by atoms with E-state index in [1.54, 1.807) is 36.9 Å². The summed E-state index contributed by atoms with van der Waals surface area (Å²) in [4.78, 5) is 0. The standard InChI is InChI=1S/C20H18N6O/c1-24-12-16(19-10-18(27)6-7-20(19)24)8-9-26(25-13-22-23-14-25)17-4-2-15(11-21)3-5-17/h2-7,10,12-14,27H,8-9H2,1H3. The molecule has 4 rings (SSSR count). The second kappa shape index (κ2) is 6.84. The molecule has 1 N–H and O–H groups in total. The second-order valence-electron chi connectivity index (χ2n) is 6.34. The molecule has 2 aromatic heterocycles. The van der Waals surface area contributed by atoms with Crippen molar-refractivity contribution in [3.05, 3.63) is 72.4 Å². The van der Waals surface area contributed by atoms with Gasteiger partial charge >= 0.3 is 0 Å². The Hall–Kier alpha value is -3.79. The van der Waals surface area contributed by atoms with E-state index >= 15 is 0 Å². The summed E-state index contributed by atoms with van der Waals surface area (Å²) in [6.07, 6.45) is 6.15. The lowest BCUT2D eigenvalue weighted by Gasteiger charge is -2.24. The Labute approximate surface area is 156 Å². The largest absolute Gasteiger partial charge is 0.508 e. The Balaban J connectivity index is 1.65. The number of aromatic nitrogens is 4. The first-order valence-electron chi connectivity index (χ1n) is 8.55. The van der Waals surface area contributed by atoms with Crippen molar-refractivity contribution in [3.63, 3.8) is 0 Å². The fourth-order valence-corrected chi connectivity index (χ4v) is 3.29. The Morgan fingerprint density at radius 3 is 2.56 bits per heavy atom. The van der Waals surface area contributed by atoms with Gasteiger partial charge in [0.25, 0.3) is 0 Å². The number of rotatable bonds is 5. The fraction of sp³-hybridized carbons (Fsp3) is 0.150. The molecule has 0 fully saturated rings. The molecule has 0 radical (unpaired) electrons. The zero-order valence-electron chi connectivity index (χ0n) is 14.8. The summed E-state index contributed by atoms with van der Waals surface area (Å²) in [6, 6.07) is 15.0. The van der Waals surface area contributed by atoms with E-state index in [2.05, 4.69) is 27.0 Å². The molecule has 0 atom stereocenters. The van der Waals surface area contributed by atoms with Crippen LogP contribution in [-0.4, -0.2) is 31.1 Å². The highest BCUT2D eigenvalue weighted by molar-refractivity contribution is 5.85. The van der Waals surface area contributed by atoms with Gasteiger partial charge < -0.3 is 9.67 Å². The third-order valence-corrected chi connectivity index (χ3v) is 4.63. The maximum absolute atomic E-state index is 9.85. The number of phenolic OH excluding ortho intramolecular Hbond substituents is 1. The van der Waals surface area contributed by atoms with Crippen LogP contribution in [0, 0.1) is 11.3 Å². The second-order valence-corrected chi connectivity index (χ2v) is 6.34. The van der Waals surface area contributed by atoms with E-state index in [1.807, 2.05) is 34.9 Å². The minimum Gasteiger partial charge on any atom is -0.508 e. The van der Waals surface area contributed by atoms with Crippen LogP contribution in [0.5, 0.6) is 5.75 Å². The van der Waals surface area contributed by atoms with E-state index in [-0.39, 0.29) is 5.75 Å². The molecule has 2 aromatic carbocycles. The van der Waals surface area contributed by atoms with Crippen molar-refractivity contribution < 1.29 is 5.11 Å². The highest BCUT2D eigenvalue weighted by atomic mass is 16.3. The molecular weight excluding hydrogens is 340 g/mol. The predicted molar refractivity (Wildman–Crippen MR) is 102 cm³/mol. The average molecular weight is 358 g/mol. The van der Waals surface area contributed by atoms with E-state index in [4.69, 9.17) is 5.26 Å². The SMILES string of the molecule is Cn1cc(CCN(c2ccc(C#N)cc2)n2cnnc2)c2cc(O)ccc21. The lowest BCUT2D eigenvalue weighted by molar-refractivity contribution is 0.476. The molecule has 7 nitrogen and oxygen atoms in total. The van der Waals surface area contributed by atoms with Crippen LogP contribution in [0.15, 0.2) is 61.3 Å². The first-order chi connectivity index (χ1) is 13.2. The number of fused-ring (bicyclic) bond motifs is 1. The van der Waals surface area contributed by atoms with Crippen LogP contribution in [0.3, 0.4) is 0 Å². The van der Waals surface area contributed by atoms with Gasteiger partial charge in [-0.15, -0.1) is 10.2 Å². The summed E-state index contributed by atoms with van der Waals surface area (Å²) in [5.41, 5.74) is 3.79. The number of anilines is 1. The molecule has 7 heteroatoms. The number of hydrogen-bond acceptors (Lipinski definition) is 5. The number of benzene rings is 2. The van der Waals surface area contributed by atoms with E-state index in [0.717, 1.165) is 28.6 Å². The fourth-order valence-electron chi connectivity index (χ4n) is 3.29. The molecular formula is C20H18N6O. The van der Waals surface area contributed by atoms with Gasteiger partial charge in [0.15, 0.2) is 0 Å². The molecule has 0 saturated carbocycles. The molecule has 0 aliphatic heterocycles. The third-order valence-electron chi connectivity index (χ3n) is 4.63. The van der Waals surface area contributed by atoms with Crippen molar-refractivity contribution >= 4 is 16.6 Å². The lowest BCUT2D eigenvalue weighted by Crippen LogP contribution is -2.30. The zero-order valence-corrected chi connectivity index (χ0v) is 14.8. The van der Waals surface area contributed by atoms with E-state index in [0.29, 0.717) is 12.1 Å². The van der Waals surface area contributed by atoms with Crippen LogP contribution in [0.2, 0.25) is 0 Å². The summed E-state index contributed by atoms with van der Waals surface area (Å²) in [7, 11) is 2.00. The number of nitriles is 1. The molecule has 2 heterocycles. The van der Waals surface area contributed by atoms with E-state index < -0.39 is 0 Å². The van der Waals surface area contributed by atoms with Gasteiger partial charge in [-0.05, 0) is 54.4 Å². The third kappa shape index (κ3) is 3.20. The molecule has 134 valence electrons. The van der Waals surface area contributed by atoms with E-state index in [1.165, 1.54) is 0 Å². The van der Waals surface area contributed by atoms with E-state index in [9.17, 15) is 5.11 Å². The Morgan fingerprint density at radius 1 is 1.11 bits per heavy atom. The van der Waals surface area contributed by atoms with Gasteiger partial charge in [-0.2, -0.15) is 5.26 Å². The minimum absolute atomic E-state index is 0.262. The maximum Gasteiger partial charge on any atom is 0.139 e. The molecule has 0 amide bonds. The van der Waals surface area contributed by atoms with Crippen LogP contribution >= 0.6 is 0 Å². The van der Waals surface area contributed by atoms with Crippen molar-refractivity contribution in [2.24, 2.45) is 7.05 Å². The summed E-state index contributed by atoms with van der Waals surface area (Å²) >= 11 is 0. The summed E-state index contributed by atoms with van der Waals surface area (Å²) < 4.78 is 3.89. The monoisotopic (exact) mass is 358 g/mol. The number of phenols is 1. The van der Waals surface area contributed by atoms with Gasteiger partial charge in [0, 0.05) is 30.7 Å². The van der Waals surface area contributed by atoms with Crippen LogP contribution in [-0.2, 0) is 13.5 Å². The molecule has 0 bridgehead atoms. The van der Waals surface area contributed by atoms with Crippen molar-refractivity contribution in [2.75, 3.05) is 11.6 Å². The molecule has 4 aromatic rings. The Bertz CT molecular complexity index is 1110. The van der Waals surface area contributed by atoms with Gasteiger partial charge in [-0.3, -0.25) is 5.01 Å². The molecule has 0 aliphatic rings. The number of nitrogens with zero attached hydrogens (tertiary/aromatic N) is 6. The van der Waals surface area contributed by atoms with Gasteiger partial charge in [0.05, 0.1) is 17.3 Å². The summed E-state index contributed by atoms with van der Waals surface area (Å²) in [5.74, 6) is 0.262.